The minimum atomic E-state index is -1.09. The average molecular weight is 200 g/mol. The molecule has 0 saturated heterocycles. The van der Waals surface area contributed by atoms with E-state index < -0.39 is 28.1 Å². The molecule has 0 N–H and O–H groups in total. The number of nitro groups is 1. The van der Waals surface area contributed by atoms with E-state index in [0.29, 0.717) is 0 Å². The van der Waals surface area contributed by atoms with Crippen molar-refractivity contribution in [1.82, 2.24) is 4.98 Å². The van der Waals surface area contributed by atoms with Crippen molar-refractivity contribution in [3.63, 3.8) is 0 Å². The molecule has 1 rings (SSSR count). The van der Waals surface area contributed by atoms with Gasteiger partial charge < -0.3 is 4.74 Å². The van der Waals surface area contributed by atoms with E-state index in [1.807, 2.05) is 0 Å². The van der Waals surface area contributed by atoms with Crippen molar-refractivity contribution in [2.45, 2.75) is 0 Å². The molecule has 0 aromatic carbocycles. The number of halogens is 1. The van der Waals surface area contributed by atoms with E-state index in [0.717, 1.165) is 19.4 Å². The Balaban J connectivity index is 3.21. The van der Waals surface area contributed by atoms with Gasteiger partial charge in [-0.15, -0.1) is 0 Å². The zero-order valence-corrected chi connectivity index (χ0v) is 7.06. The van der Waals surface area contributed by atoms with Crippen molar-refractivity contribution in [3.8, 4) is 0 Å². The standard InChI is InChI=1S/C7H5FN2O4/c1-14-7(11)5-2-4(10(12)13)3-9-6(5)8/h2-3H,1H3. The number of hydrogen-bond acceptors (Lipinski definition) is 5. The lowest BCUT2D eigenvalue weighted by Crippen LogP contribution is -2.06. The predicted molar refractivity (Wildman–Crippen MR) is 42.2 cm³/mol. The quantitative estimate of drug-likeness (QED) is 0.306. The summed E-state index contributed by atoms with van der Waals surface area (Å²) in [6, 6.07) is 0.772. The van der Waals surface area contributed by atoms with E-state index in [-0.39, 0.29) is 0 Å². The summed E-state index contributed by atoms with van der Waals surface area (Å²) in [4.78, 5) is 23.4. The second kappa shape index (κ2) is 3.77. The van der Waals surface area contributed by atoms with Gasteiger partial charge in [0.1, 0.15) is 11.8 Å². The summed E-state index contributed by atoms with van der Waals surface area (Å²) in [7, 11) is 1.04. The van der Waals surface area contributed by atoms with Crippen molar-refractivity contribution in [1.29, 1.82) is 0 Å². The first-order valence-corrected chi connectivity index (χ1v) is 3.44. The lowest BCUT2D eigenvalue weighted by Gasteiger charge is -1.99. The first-order chi connectivity index (χ1) is 6.56. The van der Waals surface area contributed by atoms with Crippen molar-refractivity contribution < 1.29 is 18.8 Å². The van der Waals surface area contributed by atoms with E-state index >= 15 is 0 Å². The fraction of sp³-hybridized carbons (Fsp3) is 0.143. The second-order valence-corrected chi connectivity index (χ2v) is 2.28. The van der Waals surface area contributed by atoms with Crippen LogP contribution in [0.1, 0.15) is 10.4 Å². The number of aromatic nitrogens is 1. The largest absolute Gasteiger partial charge is 0.465 e. The Hall–Kier alpha value is -2.05. The Morgan fingerprint density at radius 3 is 2.86 bits per heavy atom. The van der Waals surface area contributed by atoms with Crippen LogP contribution in [0.5, 0.6) is 0 Å². The topological polar surface area (TPSA) is 82.3 Å². The lowest BCUT2D eigenvalue weighted by molar-refractivity contribution is -0.385. The summed E-state index contributed by atoms with van der Waals surface area (Å²) < 4.78 is 17.0. The van der Waals surface area contributed by atoms with Crippen LogP contribution >= 0.6 is 0 Å². The third-order valence-corrected chi connectivity index (χ3v) is 1.44. The van der Waals surface area contributed by atoms with Crippen LogP contribution in [0.3, 0.4) is 0 Å². The Bertz CT molecular complexity index is 393. The normalized spacial score (nSPS) is 9.57. The van der Waals surface area contributed by atoms with Gasteiger partial charge in [0.25, 0.3) is 5.69 Å². The summed E-state index contributed by atoms with van der Waals surface area (Å²) >= 11 is 0. The molecule has 0 bridgehead atoms. The third-order valence-electron chi connectivity index (χ3n) is 1.44. The molecule has 0 aliphatic heterocycles. The Labute approximate surface area is 77.5 Å². The highest BCUT2D eigenvalue weighted by Crippen LogP contribution is 2.14. The van der Waals surface area contributed by atoms with Gasteiger partial charge in [0.2, 0.25) is 5.95 Å². The fourth-order valence-corrected chi connectivity index (χ4v) is 0.790. The third kappa shape index (κ3) is 1.82. The lowest BCUT2D eigenvalue weighted by atomic mass is 10.2. The highest BCUT2D eigenvalue weighted by atomic mass is 19.1. The number of esters is 1. The summed E-state index contributed by atoms with van der Waals surface area (Å²) in [5, 5.41) is 10.3. The molecule has 0 saturated carbocycles. The molecule has 7 heteroatoms. The van der Waals surface area contributed by atoms with Gasteiger partial charge in [-0.1, -0.05) is 0 Å². The average Bonchev–Trinajstić information content (AvgIpc) is 2.17. The van der Waals surface area contributed by atoms with Crippen LogP contribution < -0.4 is 0 Å². The molecule has 0 radical (unpaired) electrons. The molecule has 0 fully saturated rings. The van der Waals surface area contributed by atoms with Gasteiger partial charge in [0, 0.05) is 6.07 Å². The number of ether oxygens (including phenoxy) is 1. The SMILES string of the molecule is COC(=O)c1cc([N+](=O)[O-])cnc1F. The number of carbonyl (C=O) groups is 1. The van der Waals surface area contributed by atoms with Crippen LogP contribution in [-0.4, -0.2) is 23.0 Å². The van der Waals surface area contributed by atoms with Crippen LogP contribution in [-0.2, 0) is 4.74 Å². The molecule has 14 heavy (non-hydrogen) atoms. The Morgan fingerprint density at radius 2 is 2.36 bits per heavy atom. The first kappa shape index (κ1) is 10.0. The van der Waals surface area contributed by atoms with Gasteiger partial charge in [0.05, 0.1) is 12.0 Å². The predicted octanol–water partition coefficient (Wildman–Crippen LogP) is 0.915. The van der Waals surface area contributed by atoms with Crippen molar-refractivity contribution in [2.24, 2.45) is 0 Å². The Kier molecular flexibility index (Phi) is 2.70. The van der Waals surface area contributed by atoms with Gasteiger partial charge in [-0.25, -0.2) is 9.78 Å². The smallest absolute Gasteiger partial charge is 0.342 e. The van der Waals surface area contributed by atoms with E-state index in [9.17, 15) is 19.3 Å². The van der Waals surface area contributed by atoms with Gasteiger partial charge >= 0.3 is 5.97 Å². The molecule has 0 spiro atoms. The molecule has 0 aliphatic rings. The van der Waals surface area contributed by atoms with E-state index in [1.165, 1.54) is 0 Å². The number of rotatable bonds is 2. The van der Waals surface area contributed by atoms with Gasteiger partial charge in [-0.3, -0.25) is 10.1 Å². The molecule has 0 atom stereocenters. The first-order valence-electron chi connectivity index (χ1n) is 3.44. The minimum Gasteiger partial charge on any atom is -0.465 e. The van der Waals surface area contributed by atoms with Crippen molar-refractivity contribution in [3.05, 3.63) is 33.9 Å². The summed E-state index contributed by atoms with van der Waals surface area (Å²) in [5.41, 5.74) is -1.02. The second-order valence-electron chi connectivity index (χ2n) is 2.28. The molecule has 74 valence electrons. The van der Waals surface area contributed by atoms with Gasteiger partial charge in [-0.05, 0) is 0 Å². The van der Waals surface area contributed by atoms with Crippen molar-refractivity contribution >= 4 is 11.7 Å². The van der Waals surface area contributed by atoms with Gasteiger partial charge in [0.15, 0.2) is 0 Å². The number of pyridine rings is 1. The van der Waals surface area contributed by atoms with Crippen LogP contribution in [0, 0.1) is 16.1 Å². The van der Waals surface area contributed by atoms with Crippen LogP contribution in [0.25, 0.3) is 0 Å². The maximum Gasteiger partial charge on any atom is 0.342 e. The summed E-state index contributed by atoms with van der Waals surface area (Å²) in [6.07, 6.45) is 0.724. The molecule has 0 aliphatic carbocycles. The fourth-order valence-electron chi connectivity index (χ4n) is 0.790. The molecule has 1 aromatic rings. The Morgan fingerprint density at radius 1 is 1.71 bits per heavy atom. The molecular weight excluding hydrogens is 195 g/mol. The monoisotopic (exact) mass is 200 g/mol. The van der Waals surface area contributed by atoms with Gasteiger partial charge in [-0.2, -0.15) is 4.39 Å². The highest BCUT2D eigenvalue weighted by molar-refractivity contribution is 5.89. The summed E-state index contributed by atoms with van der Waals surface area (Å²) in [6.45, 7) is 0. The van der Waals surface area contributed by atoms with Crippen LogP contribution in [0.15, 0.2) is 12.3 Å². The zero-order chi connectivity index (χ0) is 10.7. The molecule has 0 amide bonds. The minimum absolute atomic E-state index is 0.466. The number of methoxy groups -OCH3 is 1. The maximum absolute atomic E-state index is 12.8. The van der Waals surface area contributed by atoms with Crippen LogP contribution in [0.2, 0.25) is 0 Å². The zero-order valence-electron chi connectivity index (χ0n) is 7.06. The van der Waals surface area contributed by atoms with E-state index in [4.69, 9.17) is 0 Å². The number of carbonyl (C=O) groups excluding carboxylic acids is 1. The molecule has 0 unspecified atom stereocenters. The van der Waals surface area contributed by atoms with Crippen molar-refractivity contribution in [2.75, 3.05) is 7.11 Å². The maximum atomic E-state index is 12.8. The van der Waals surface area contributed by atoms with E-state index in [2.05, 4.69) is 9.72 Å². The summed E-state index contributed by atoms with van der Waals surface area (Å²) in [5.74, 6) is -2.10. The highest BCUT2D eigenvalue weighted by Gasteiger charge is 2.18. The molecule has 6 nitrogen and oxygen atoms in total. The number of hydrogen-bond donors (Lipinski definition) is 0. The molecular formula is C7H5FN2O4. The molecule has 1 heterocycles. The number of nitrogens with zero attached hydrogens (tertiary/aromatic N) is 2. The molecule has 1 aromatic heterocycles. The van der Waals surface area contributed by atoms with E-state index in [1.54, 1.807) is 0 Å². The van der Waals surface area contributed by atoms with Crippen LogP contribution in [0.4, 0.5) is 10.1 Å².